The van der Waals surface area contributed by atoms with Crippen LogP contribution in [0, 0.1) is 0 Å². The predicted molar refractivity (Wildman–Crippen MR) is 31.8 cm³/mol. The molecule has 0 atom stereocenters. The fraction of sp³-hybridized carbons (Fsp3) is 0. The predicted octanol–water partition coefficient (Wildman–Crippen LogP) is -1.10. The minimum atomic E-state index is -0.00306. The van der Waals surface area contributed by atoms with Gasteiger partial charge < -0.3 is 11.5 Å². The summed E-state index contributed by atoms with van der Waals surface area (Å²) in [6.45, 7) is 0. The van der Waals surface area contributed by atoms with E-state index in [0.717, 1.165) is 0 Å². The van der Waals surface area contributed by atoms with Crippen LogP contribution >= 0.6 is 0 Å². The summed E-state index contributed by atoms with van der Waals surface area (Å²) in [7, 11) is 0. The van der Waals surface area contributed by atoms with Crippen molar-refractivity contribution >= 4 is 0 Å². The molecule has 6 nitrogen and oxygen atoms in total. The van der Waals surface area contributed by atoms with Gasteiger partial charge in [-0.05, 0) is 12.2 Å². The first-order valence-corrected chi connectivity index (χ1v) is 2.54. The molecular weight excluding hydrogens is 136 g/mol. The lowest BCUT2D eigenvalue weighted by atomic mass is 10.4. The zero-order chi connectivity index (χ0) is 7.72. The molecule has 0 radical (unpaired) electrons. The Kier molecular flexibility index (Phi) is 1.40. The zero-order valence-corrected chi connectivity index (χ0v) is 5.10. The van der Waals surface area contributed by atoms with Crippen LogP contribution in [-0.4, -0.2) is 20.8 Å². The average Bonchev–Trinajstić information content (AvgIpc) is 1.93. The van der Waals surface area contributed by atoms with Crippen molar-refractivity contribution in [2.75, 3.05) is 0 Å². The largest absolute Gasteiger partial charge is 0.382 e. The van der Waals surface area contributed by atoms with E-state index in [1.54, 1.807) is 0 Å². The van der Waals surface area contributed by atoms with Crippen LogP contribution in [0.4, 0.5) is 0 Å². The Labute approximate surface area is 57.1 Å². The Hall–Kier alpha value is -1.40. The second-order valence-corrected chi connectivity index (χ2v) is 1.76. The maximum atomic E-state index is 8.81. The highest BCUT2D eigenvalue weighted by molar-refractivity contribution is 5.14. The number of nitrogens with zero attached hydrogens (tertiary/aromatic N) is 2. The van der Waals surface area contributed by atoms with E-state index in [2.05, 4.69) is 0 Å². The molecule has 10 heavy (non-hydrogen) atoms. The molecule has 1 heterocycles. The summed E-state index contributed by atoms with van der Waals surface area (Å²) in [6.07, 6.45) is 2.73. The van der Waals surface area contributed by atoms with Gasteiger partial charge in [-0.15, -0.1) is 10.3 Å². The van der Waals surface area contributed by atoms with E-state index in [1.165, 1.54) is 12.2 Å². The first-order valence-electron chi connectivity index (χ1n) is 2.54. The molecule has 0 bridgehead atoms. The fourth-order valence-electron chi connectivity index (χ4n) is 0.523. The number of hydrogen-bond donors (Lipinski definition) is 4. The highest BCUT2D eigenvalue weighted by Crippen LogP contribution is 2.07. The third-order valence-electron chi connectivity index (χ3n) is 1.07. The van der Waals surface area contributed by atoms with E-state index in [4.69, 9.17) is 21.9 Å². The average molecular weight is 144 g/mol. The van der Waals surface area contributed by atoms with Crippen molar-refractivity contribution in [1.29, 1.82) is 0 Å². The third-order valence-corrected chi connectivity index (χ3v) is 1.07. The van der Waals surface area contributed by atoms with Crippen LogP contribution in [0.3, 0.4) is 0 Å². The van der Waals surface area contributed by atoms with Crippen LogP contribution in [0.15, 0.2) is 23.8 Å². The van der Waals surface area contributed by atoms with Gasteiger partial charge in [0.05, 0.1) is 0 Å². The summed E-state index contributed by atoms with van der Waals surface area (Å²) in [5.74, 6) is -0.00611. The second kappa shape index (κ2) is 2.09. The molecule has 6 N–H and O–H groups in total. The smallest absolute Gasteiger partial charge is 0.150 e. The van der Waals surface area contributed by atoms with Gasteiger partial charge in [-0.2, -0.15) is 0 Å². The van der Waals surface area contributed by atoms with Crippen molar-refractivity contribution in [2.24, 2.45) is 11.5 Å². The number of hydroxylamine groups is 2. The Morgan fingerprint density at radius 1 is 1.00 bits per heavy atom. The summed E-state index contributed by atoms with van der Waals surface area (Å²) in [5.41, 5.74) is 10.3. The molecule has 1 aliphatic rings. The van der Waals surface area contributed by atoms with E-state index in [-0.39, 0.29) is 11.6 Å². The Balaban J connectivity index is 2.86. The van der Waals surface area contributed by atoms with Crippen LogP contribution in [0.25, 0.3) is 0 Å². The molecule has 0 fully saturated rings. The molecule has 6 heteroatoms. The third kappa shape index (κ3) is 0.850. The van der Waals surface area contributed by atoms with E-state index in [1.807, 2.05) is 0 Å². The Bertz CT molecular complexity index is 177. The SMILES string of the molecule is NC1=CC=C(N)N(O)N1O. The van der Waals surface area contributed by atoms with Gasteiger partial charge in [0.2, 0.25) is 0 Å². The molecule has 0 aromatic carbocycles. The lowest BCUT2D eigenvalue weighted by Crippen LogP contribution is -2.43. The van der Waals surface area contributed by atoms with Gasteiger partial charge >= 0.3 is 0 Å². The molecule has 0 saturated heterocycles. The molecule has 1 rings (SSSR count). The number of nitrogens with two attached hydrogens (primary N) is 2. The van der Waals surface area contributed by atoms with Gasteiger partial charge in [0, 0.05) is 0 Å². The van der Waals surface area contributed by atoms with Gasteiger partial charge in [-0.1, -0.05) is 0 Å². The molecule has 0 saturated carbocycles. The Morgan fingerprint density at radius 2 is 1.30 bits per heavy atom. The van der Waals surface area contributed by atoms with E-state index < -0.39 is 0 Å². The maximum Gasteiger partial charge on any atom is 0.150 e. The minimum absolute atomic E-state index is 0.00306. The lowest BCUT2D eigenvalue weighted by Gasteiger charge is -2.28. The molecule has 0 aromatic rings. The quantitative estimate of drug-likeness (QED) is 0.344. The minimum Gasteiger partial charge on any atom is -0.382 e. The van der Waals surface area contributed by atoms with Crippen LogP contribution in [0.5, 0.6) is 0 Å². The van der Waals surface area contributed by atoms with Gasteiger partial charge in [-0.3, -0.25) is 10.4 Å². The Morgan fingerprint density at radius 3 is 1.60 bits per heavy atom. The molecule has 0 aliphatic carbocycles. The molecule has 0 unspecified atom stereocenters. The topological polar surface area (TPSA) is 99.0 Å². The van der Waals surface area contributed by atoms with Crippen molar-refractivity contribution < 1.29 is 10.4 Å². The normalized spacial score (nSPS) is 18.6. The molecule has 0 spiro atoms. The van der Waals surface area contributed by atoms with Crippen molar-refractivity contribution in [1.82, 2.24) is 10.3 Å². The number of hydrazine groups is 1. The summed E-state index contributed by atoms with van der Waals surface area (Å²) in [5, 5.41) is 18.3. The first kappa shape index (κ1) is 6.72. The maximum absolute atomic E-state index is 8.81. The molecule has 1 aliphatic heterocycles. The molecule has 56 valence electrons. The number of allylic oxidation sites excluding steroid dienone is 2. The second-order valence-electron chi connectivity index (χ2n) is 1.76. The molecular formula is C4H8N4O2. The fourth-order valence-corrected chi connectivity index (χ4v) is 0.523. The van der Waals surface area contributed by atoms with E-state index in [0.29, 0.717) is 10.3 Å². The molecule has 0 amide bonds. The van der Waals surface area contributed by atoms with Crippen LogP contribution < -0.4 is 11.5 Å². The standard InChI is InChI=1S/C4H8N4O2/c5-3-1-2-4(6)8(10)7(3)9/h1-2,9-10H,5-6H2. The van der Waals surface area contributed by atoms with Crippen molar-refractivity contribution in [3.8, 4) is 0 Å². The summed E-state index contributed by atoms with van der Waals surface area (Å²) in [4.78, 5) is 0. The lowest BCUT2D eigenvalue weighted by molar-refractivity contribution is -0.330. The van der Waals surface area contributed by atoms with Gasteiger partial charge in [0.15, 0.2) is 11.6 Å². The van der Waals surface area contributed by atoms with Crippen LogP contribution in [0.2, 0.25) is 0 Å². The van der Waals surface area contributed by atoms with E-state index in [9.17, 15) is 0 Å². The monoisotopic (exact) mass is 144 g/mol. The van der Waals surface area contributed by atoms with Gasteiger partial charge in [0.1, 0.15) is 0 Å². The van der Waals surface area contributed by atoms with Crippen LogP contribution in [0.1, 0.15) is 0 Å². The van der Waals surface area contributed by atoms with Gasteiger partial charge in [0.25, 0.3) is 0 Å². The highest BCUT2D eigenvalue weighted by Gasteiger charge is 2.15. The summed E-state index contributed by atoms with van der Waals surface area (Å²) < 4.78 is 0. The number of hydrogen-bond acceptors (Lipinski definition) is 6. The number of rotatable bonds is 0. The van der Waals surface area contributed by atoms with Crippen molar-refractivity contribution in [3.05, 3.63) is 23.8 Å². The zero-order valence-electron chi connectivity index (χ0n) is 5.10. The van der Waals surface area contributed by atoms with Crippen molar-refractivity contribution in [2.45, 2.75) is 0 Å². The first-order chi connectivity index (χ1) is 4.63. The molecule has 0 aromatic heterocycles. The highest BCUT2D eigenvalue weighted by atomic mass is 16.7. The summed E-state index contributed by atoms with van der Waals surface area (Å²) >= 11 is 0. The summed E-state index contributed by atoms with van der Waals surface area (Å²) in [6, 6.07) is 0. The van der Waals surface area contributed by atoms with Crippen molar-refractivity contribution in [3.63, 3.8) is 0 Å². The van der Waals surface area contributed by atoms with E-state index >= 15 is 0 Å². The van der Waals surface area contributed by atoms with Gasteiger partial charge in [-0.25, -0.2) is 0 Å². The van der Waals surface area contributed by atoms with Crippen LogP contribution in [-0.2, 0) is 0 Å².